The number of nitrogens with two attached hydrogens (primary N) is 3. The zero-order chi connectivity index (χ0) is 44.0. The number of benzene rings is 3. The van der Waals surface area contributed by atoms with Crippen LogP contribution in [0.1, 0.15) is 71.3 Å². The Hall–Kier alpha value is -6.10. The van der Waals surface area contributed by atoms with Crippen LogP contribution in [0.2, 0.25) is 0 Å². The number of morpholine rings is 1. The number of ether oxygens (including phenoxy) is 2. The molecule has 0 saturated carbocycles. The number of alkyl halides is 1. The molecule has 3 unspecified atom stereocenters. The molecule has 0 radical (unpaired) electrons. The van der Waals surface area contributed by atoms with Gasteiger partial charge in [0, 0.05) is 111 Å². The van der Waals surface area contributed by atoms with Gasteiger partial charge in [-0.15, -0.1) is 0 Å². The summed E-state index contributed by atoms with van der Waals surface area (Å²) in [6.07, 6.45) is 5.82. The van der Waals surface area contributed by atoms with Gasteiger partial charge in [0.25, 0.3) is 5.91 Å². The van der Waals surface area contributed by atoms with Crippen molar-refractivity contribution >= 4 is 40.1 Å². The minimum Gasteiger partial charge on any atom is -0.507 e. The van der Waals surface area contributed by atoms with Gasteiger partial charge < -0.3 is 51.0 Å². The Morgan fingerprint density at radius 3 is 2.43 bits per heavy atom. The Bertz CT molecular complexity index is 2450. The van der Waals surface area contributed by atoms with E-state index < -0.39 is 11.7 Å². The second-order valence-corrected chi connectivity index (χ2v) is 17.6. The number of piperidine rings is 2. The van der Waals surface area contributed by atoms with Crippen molar-refractivity contribution in [3.63, 3.8) is 0 Å². The number of hydrogen-bond donors (Lipinski definition) is 5. The molecule has 0 spiro atoms. The number of anilines is 1. The third-order valence-corrected chi connectivity index (χ3v) is 13.5. The lowest BCUT2D eigenvalue weighted by Crippen LogP contribution is -2.51. The molecule has 5 aliphatic heterocycles. The molecule has 332 valence electrons. The third kappa shape index (κ3) is 8.54. The maximum Gasteiger partial charge on any atom is 0.328 e. The number of aromatic hydroxyl groups is 1. The number of imide groups is 1. The highest BCUT2D eigenvalue weighted by molar-refractivity contribution is 6.06. The van der Waals surface area contributed by atoms with Crippen molar-refractivity contribution < 1.29 is 33.4 Å². The summed E-state index contributed by atoms with van der Waals surface area (Å²) in [5.74, 6) is -0.260. The lowest BCUT2D eigenvalue weighted by molar-refractivity contribution is -0.120. The van der Waals surface area contributed by atoms with E-state index >= 15 is 4.39 Å². The van der Waals surface area contributed by atoms with Gasteiger partial charge in [-0.3, -0.25) is 19.8 Å². The van der Waals surface area contributed by atoms with E-state index in [0.29, 0.717) is 68.5 Å². The predicted molar refractivity (Wildman–Crippen MR) is 237 cm³/mol. The van der Waals surface area contributed by atoms with Gasteiger partial charge in [-0.1, -0.05) is 24.3 Å². The van der Waals surface area contributed by atoms with Crippen molar-refractivity contribution in [1.29, 1.82) is 0 Å². The number of carbonyl (C=O) groups is 3. The predicted octanol–water partition coefficient (Wildman–Crippen LogP) is 4.61. The van der Waals surface area contributed by atoms with Gasteiger partial charge in [0.2, 0.25) is 5.91 Å². The molecule has 1 aromatic heterocycles. The molecule has 3 aromatic carbocycles. The monoisotopic (exact) mass is 861 g/mol. The van der Waals surface area contributed by atoms with E-state index in [4.69, 9.17) is 26.7 Å². The zero-order valence-corrected chi connectivity index (χ0v) is 35.5. The number of amides is 4. The maximum absolute atomic E-state index is 16.4. The Labute approximate surface area is 365 Å². The van der Waals surface area contributed by atoms with Crippen LogP contribution in [0.4, 0.5) is 14.9 Å². The number of nitrogens with zero attached hydrogens (tertiary/aromatic N) is 5. The van der Waals surface area contributed by atoms with E-state index in [2.05, 4.69) is 38.9 Å². The molecule has 5 fully saturated rings. The average molecular weight is 862 g/mol. The zero-order valence-electron chi connectivity index (χ0n) is 35.5. The van der Waals surface area contributed by atoms with Gasteiger partial charge in [0.15, 0.2) is 0 Å². The molecule has 6 heterocycles. The van der Waals surface area contributed by atoms with Crippen molar-refractivity contribution in [3.8, 4) is 5.75 Å². The van der Waals surface area contributed by atoms with Gasteiger partial charge in [-0.25, -0.2) is 9.18 Å². The minimum absolute atomic E-state index is 0.0441. The Balaban J connectivity index is 0.787. The molecule has 16 heteroatoms. The number of phenols is 1. The Morgan fingerprint density at radius 2 is 1.71 bits per heavy atom. The molecule has 5 saturated heterocycles. The van der Waals surface area contributed by atoms with Crippen molar-refractivity contribution in [2.75, 3.05) is 63.9 Å². The normalized spacial score (nSPS) is 23.5. The molecular formula is C47H56FN9O6. The summed E-state index contributed by atoms with van der Waals surface area (Å²) in [4.78, 5) is 45.5. The van der Waals surface area contributed by atoms with E-state index in [1.165, 1.54) is 0 Å². The molecule has 4 aromatic rings. The fraction of sp³-hybridized carbons (Fsp3) is 0.426. The number of aryl methyl sites for hydroxylation is 1. The van der Waals surface area contributed by atoms with Crippen LogP contribution in [0.5, 0.6) is 5.75 Å². The van der Waals surface area contributed by atoms with Crippen LogP contribution in [0.15, 0.2) is 90.5 Å². The lowest BCUT2D eigenvalue weighted by atomic mass is 9.91. The summed E-state index contributed by atoms with van der Waals surface area (Å²) >= 11 is 0. The molecule has 4 amide bonds. The van der Waals surface area contributed by atoms with Gasteiger partial charge in [0.1, 0.15) is 29.4 Å². The van der Waals surface area contributed by atoms with Crippen LogP contribution < -0.4 is 27.4 Å². The van der Waals surface area contributed by atoms with Gasteiger partial charge in [-0.05, 0) is 79.4 Å². The number of urea groups is 1. The van der Waals surface area contributed by atoms with Crippen molar-refractivity contribution in [3.05, 3.63) is 113 Å². The first-order valence-electron chi connectivity index (χ1n) is 21.9. The topological polar surface area (TPSA) is 198 Å². The van der Waals surface area contributed by atoms with E-state index in [1.807, 2.05) is 24.3 Å². The van der Waals surface area contributed by atoms with Crippen LogP contribution in [0.25, 0.3) is 16.6 Å². The van der Waals surface area contributed by atoms with Crippen LogP contribution in [-0.2, 0) is 14.3 Å². The largest absolute Gasteiger partial charge is 0.507 e. The number of carbonyl (C=O) groups excluding carboxylic acids is 3. The number of aromatic nitrogens is 1. The van der Waals surface area contributed by atoms with Crippen LogP contribution >= 0.6 is 0 Å². The lowest BCUT2D eigenvalue weighted by Gasteiger charge is -2.43. The van der Waals surface area contributed by atoms with E-state index in [9.17, 15) is 19.5 Å². The number of allylic oxidation sites excluding steroid dienone is 1. The molecule has 0 aliphatic carbocycles. The molecule has 5 aliphatic rings. The van der Waals surface area contributed by atoms with Gasteiger partial charge in [-0.2, -0.15) is 0 Å². The molecule has 3 atom stereocenters. The first kappa shape index (κ1) is 42.2. The van der Waals surface area contributed by atoms with Crippen molar-refractivity contribution in [1.82, 2.24) is 24.6 Å². The highest BCUT2D eigenvalue weighted by Crippen LogP contribution is 2.38. The van der Waals surface area contributed by atoms with Gasteiger partial charge >= 0.3 is 6.03 Å². The van der Waals surface area contributed by atoms with Crippen molar-refractivity contribution in [2.24, 2.45) is 17.2 Å². The molecule has 8 N–H and O–H groups in total. The first-order valence-corrected chi connectivity index (χ1v) is 21.9. The number of para-hydroxylation sites is 1. The molecule has 15 nitrogen and oxygen atoms in total. The van der Waals surface area contributed by atoms with E-state index in [0.717, 1.165) is 53.6 Å². The number of hydrogen-bond acceptors (Lipinski definition) is 11. The Kier molecular flexibility index (Phi) is 11.5. The standard InChI is InChI=1S/C47H56FN9O6/c1-29-24-56(37-11-10-33(22-35(29)37)55-19-14-43(59)52-46(55)61)32-12-17-53(18-13-32)28-47(48)15-20-54(21-16-47)45(60)31-8-6-30(7-9-31)41-25-57(39-26-62-27-42(39)63-41)38(44(50)51)23-36(49)34-4-2-3-5-40(34)58/h2-11,22-24,32,39,41-42,58H,12-21,25-28,49-51H2,1H3,(H,52,59,61)/b36-23-. The summed E-state index contributed by atoms with van der Waals surface area (Å²) in [6.45, 7) is 6.24. The summed E-state index contributed by atoms with van der Waals surface area (Å²) < 4.78 is 31.1. The molecule has 63 heavy (non-hydrogen) atoms. The summed E-state index contributed by atoms with van der Waals surface area (Å²) in [6, 6.07) is 19.9. The Morgan fingerprint density at radius 1 is 0.968 bits per heavy atom. The summed E-state index contributed by atoms with van der Waals surface area (Å²) in [5.41, 5.74) is 23.2. The van der Waals surface area contributed by atoms with Crippen LogP contribution in [0.3, 0.4) is 0 Å². The molecule has 0 bridgehead atoms. The molecular weight excluding hydrogens is 806 g/mol. The first-order chi connectivity index (χ1) is 30.3. The van der Waals surface area contributed by atoms with E-state index in [1.54, 1.807) is 52.3 Å². The fourth-order valence-electron chi connectivity index (χ4n) is 9.99. The number of phenolic OH excluding ortho intramolecular Hbond substituents is 1. The third-order valence-electron chi connectivity index (χ3n) is 13.5. The fourth-order valence-corrected chi connectivity index (χ4v) is 9.99. The summed E-state index contributed by atoms with van der Waals surface area (Å²) in [5, 5.41) is 13.9. The smallest absolute Gasteiger partial charge is 0.328 e. The van der Waals surface area contributed by atoms with Crippen molar-refractivity contribution in [2.45, 2.75) is 69.0 Å². The summed E-state index contributed by atoms with van der Waals surface area (Å²) in [7, 11) is 0. The average Bonchev–Trinajstić information content (AvgIpc) is 3.89. The number of halogens is 1. The number of likely N-dealkylation sites (tertiary alicyclic amines) is 2. The SMILES string of the molecule is Cc1cn(C2CCN(CC3(F)CCN(C(=O)c4ccc(C5CN(C(/C=C(\N)c6ccccc6O)=C(N)N)C6COCC6O5)cc4)CC3)CC2)c2ccc(N3CCC(=O)NC3=O)cc12. The minimum atomic E-state index is -1.38. The van der Waals surface area contributed by atoms with Gasteiger partial charge in [0.05, 0.1) is 25.0 Å². The quantitative estimate of drug-likeness (QED) is 0.147. The van der Waals surface area contributed by atoms with Crippen LogP contribution in [0, 0.1) is 6.92 Å². The number of nitrogens with one attached hydrogen (secondary N) is 1. The number of fused-ring (bicyclic) bond motifs is 2. The number of rotatable bonds is 9. The second-order valence-electron chi connectivity index (χ2n) is 17.6. The highest BCUT2D eigenvalue weighted by Gasteiger charge is 2.43. The second kappa shape index (κ2) is 17.2. The maximum atomic E-state index is 16.4. The molecule has 9 rings (SSSR count). The van der Waals surface area contributed by atoms with E-state index in [-0.39, 0.29) is 66.9 Å². The van der Waals surface area contributed by atoms with Crippen LogP contribution in [-0.4, -0.2) is 119 Å². The highest BCUT2D eigenvalue weighted by atomic mass is 19.1.